The zero-order valence-electron chi connectivity index (χ0n) is 13.7. The van der Waals surface area contributed by atoms with E-state index < -0.39 is 10.1 Å². The predicted molar refractivity (Wildman–Crippen MR) is 85.4 cm³/mol. The Morgan fingerprint density at radius 1 is 0.950 bits per heavy atom. The Hall–Kier alpha value is -0.390. The molecule has 0 aromatic heterocycles. The topological polar surface area (TPSA) is 57.2 Å². The summed E-state index contributed by atoms with van der Waals surface area (Å²) in [6.45, 7) is 6.34. The highest BCUT2D eigenvalue weighted by Crippen LogP contribution is 2.09. The van der Waals surface area contributed by atoms with Gasteiger partial charge in [0.1, 0.15) is 10.1 Å². The van der Waals surface area contributed by atoms with Crippen molar-refractivity contribution < 1.29 is 17.5 Å². The van der Waals surface area contributed by atoms with Gasteiger partial charge in [-0.05, 0) is 12.8 Å². The molecule has 0 radical (unpaired) electrons. The van der Waals surface area contributed by atoms with Gasteiger partial charge in [-0.15, -0.1) is 0 Å². The molecule has 0 aliphatic carbocycles. The molecule has 0 saturated carbocycles. The summed E-state index contributed by atoms with van der Waals surface area (Å²) in [5.41, 5.74) is 0. The molecule has 0 bridgehead atoms. The molecule has 4 nitrogen and oxygen atoms in total. The van der Waals surface area contributed by atoms with Gasteiger partial charge in [-0.1, -0.05) is 52.0 Å². The third-order valence-corrected chi connectivity index (χ3v) is 3.29. The van der Waals surface area contributed by atoms with Crippen LogP contribution in [0.3, 0.4) is 0 Å². The molecular weight excluding hydrogens is 274 g/mol. The second kappa shape index (κ2) is 12.4. The van der Waals surface area contributed by atoms with Gasteiger partial charge in [0.15, 0.2) is 0 Å². The maximum absolute atomic E-state index is 9.33. The first-order valence-corrected chi connectivity index (χ1v) is 8.98. The largest absolute Gasteiger partial charge is 0.745 e. The first kappa shape index (κ1) is 21.9. The molecule has 0 atom stereocenters. The number of unbranched alkanes of at least 4 members (excludes halogenated alkanes) is 7. The van der Waals surface area contributed by atoms with E-state index in [9.17, 15) is 13.0 Å². The first-order valence-electron chi connectivity index (χ1n) is 7.51. The van der Waals surface area contributed by atoms with Crippen molar-refractivity contribution in [3.05, 3.63) is 12.0 Å². The fraction of sp³-hybridized carbons (Fsp3) is 0.867. The van der Waals surface area contributed by atoms with Crippen molar-refractivity contribution in [3.63, 3.8) is 0 Å². The van der Waals surface area contributed by atoms with Gasteiger partial charge in [-0.25, -0.2) is 8.42 Å². The third kappa shape index (κ3) is 26.2. The standard InChI is InChI=1S/C13H30N.C2H4O3S/c1-5-6-7-8-9-10-11-12-13-14(2,3)4;1-2-6(3,4)5/h5-13H2,1-4H3;2H,1H2,(H,3,4,5)/q+1;/p-1. The maximum Gasteiger partial charge on any atom is 0.116 e. The highest BCUT2D eigenvalue weighted by molar-refractivity contribution is 7.88. The number of hydrogen-bond acceptors (Lipinski definition) is 3. The summed E-state index contributed by atoms with van der Waals surface area (Å²) >= 11 is 0. The zero-order valence-corrected chi connectivity index (χ0v) is 14.5. The van der Waals surface area contributed by atoms with Gasteiger partial charge < -0.3 is 9.04 Å². The summed E-state index contributed by atoms with van der Waals surface area (Å²) in [4.78, 5) is 0. The molecule has 0 unspecified atom stereocenters. The van der Waals surface area contributed by atoms with E-state index in [4.69, 9.17) is 0 Å². The van der Waals surface area contributed by atoms with Crippen molar-refractivity contribution in [2.75, 3.05) is 27.7 Å². The molecule has 0 aromatic rings. The molecule has 20 heavy (non-hydrogen) atoms. The van der Waals surface area contributed by atoms with Crippen LogP contribution in [0.5, 0.6) is 0 Å². The summed E-state index contributed by atoms with van der Waals surface area (Å²) in [7, 11) is 2.69. The van der Waals surface area contributed by atoms with Crippen LogP contribution in [0.25, 0.3) is 0 Å². The third-order valence-electron chi connectivity index (χ3n) is 2.89. The van der Waals surface area contributed by atoms with Gasteiger partial charge in [-0.2, -0.15) is 0 Å². The predicted octanol–water partition coefficient (Wildman–Crippen LogP) is 3.51. The lowest BCUT2D eigenvalue weighted by Gasteiger charge is -2.23. The smallest absolute Gasteiger partial charge is 0.116 e. The number of quaternary nitrogens is 1. The summed E-state index contributed by atoms with van der Waals surface area (Å²) < 4.78 is 29.1. The van der Waals surface area contributed by atoms with Crippen LogP contribution in [0.15, 0.2) is 12.0 Å². The molecule has 0 aromatic carbocycles. The van der Waals surface area contributed by atoms with E-state index in [1.165, 1.54) is 57.9 Å². The number of rotatable bonds is 10. The minimum Gasteiger partial charge on any atom is -0.745 e. The Labute approximate surface area is 126 Å². The highest BCUT2D eigenvalue weighted by atomic mass is 32.2. The molecule has 0 rings (SSSR count). The van der Waals surface area contributed by atoms with E-state index in [1.54, 1.807) is 0 Å². The molecule has 0 amide bonds. The van der Waals surface area contributed by atoms with Gasteiger partial charge in [-0.3, -0.25) is 0 Å². The van der Waals surface area contributed by atoms with Gasteiger partial charge in [0.2, 0.25) is 0 Å². The molecule has 0 fully saturated rings. The van der Waals surface area contributed by atoms with Crippen LogP contribution in [-0.4, -0.2) is 45.1 Å². The summed E-state index contributed by atoms with van der Waals surface area (Å²) in [6.07, 6.45) is 11.4. The molecule has 0 spiro atoms. The average molecular weight is 307 g/mol. The van der Waals surface area contributed by atoms with Crippen LogP contribution in [0.2, 0.25) is 0 Å². The molecule has 0 aliphatic heterocycles. The lowest BCUT2D eigenvalue weighted by atomic mass is 10.1. The van der Waals surface area contributed by atoms with Crippen LogP contribution in [-0.2, 0) is 10.1 Å². The Morgan fingerprint density at radius 2 is 1.30 bits per heavy atom. The van der Waals surface area contributed by atoms with Crippen molar-refractivity contribution in [2.24, 2.45) is 0 Å². The van der Waals surface area contributed by atoms with Gasteiger partial charge in [0, 0.05) is 5.41 Å². The lowest BCUT2D eigenvalue weighted by molar-refractivity contribution is -0.870. The van der Waals surface area contributed by atoms with Crippen molar-refractivity contribution in [3.8, 4) is 0 Å². The van der Waals surface area contributed by atoms with E-state index in [2.05, 4.69) is 34.6 Å². The Balaban J connectivity index is 0. The number of nitrogens with zero attached hydrogens (tertiary/aromatic N) is 1. The summed E-state index contributed by atoms with van der Waals surface area (Å²) in [5.74, 6) is 0. The van der Waals surface area contributed by atoms with Crippen molar-refractivity contribution in [1.29, 1.82) is 0 Å². The van der Waals surface area contributed by atoms with E-state index in [1.807, 2.05) is 0 Å². The number of hydrogen-bond donors (Lipinski definition) is 0. The maximum atomic E-state index is 9.33. The molecule has 0 heterocycles. The SMILES string of the molecule is C=CS(=O)(=O)[O-].CCCCCCCCCC[N+](C)(C)C. The van der Waals surface area contributed by atoms with Crippen LogP contribution in [0, 0.1) is 0 Å². The fourth-order valence-electron chi connectivity index (χ4n) is 1.72. The van der Waals surface area contributed by atoms with Crippen LogP contribution in [0.4, 0.5) is 0 Å². The van der Waals surface area contributed by atoms with Crippen LogP contribution < -0.4 is 0 Å². The van der Waals surface area contributed by atoms with Crippen molar-refractivity contribution in [2.45, 2.75) is 58.3 Å². The molecule has 0 N–H and O–H groups in total. The minimum atomic E-state index is -4.15. The molecule has 5 heteroatoms. The average Bonchev–Trinajstić information content (AvgIpc) is 2.31. The van der Waals surface area contributed by atoms with E-state index in [0.717, 1.165) is 4.48 Å². The monoisotopic (exact) mass is 307 g/mol. The zero-order chi connectivity index (χ0) is 16.1. The van der Waals surface area contributed by atoms with Crippen molar-refractivity contribution in [1.82, 2.24) is 0 Å². The Morgan fingerprint density at radius 3 is 1.60 bits per heavy atom. The molecular formula is C15H33NO3S. The molecule has 122 valence electrons. The minimum absolute atomic E-state index is 0.354. The van der Waals surface area contributed by atoms with E-state index in [0.29, 0.717) is 5.41 Å². The van der Waals surface area contributed by atoms with Gasteiger partial charge in [0.25, 0.3) is 0 Å². The van der Waals surface area contributed by atoms with Crippen molar-refractivity contribution >= 4 is 10.1 Å². The molecule has 0 saturated heterocycles. The lowest BCUT2D eigenvalue weighted by Crippen LogP contribution is -2.35. The van der Waals surface area contributed by atoms with Gasteiger partial charge in [0.05, 0.1) is 27.7 Å². The first-order chi connectivity index (χ1) is 9.12. The van der Waals surface area contributed by atoms with E-state index in [-0.39, 0.29) is 0 Å². The normalized spacial score (nSPS) is 11.7. The van der Waals surface area contributed by atoms with Gasteiger partial charge >= 0.3 is 0 Å². The second-order valence-corrected chi connectivity index (χ2v) is 7.47. The van der Waals surface area contributed by atoms with E-state index >= 15 is 0 Å². The summed E-state index contributed by atoms with van der Waals surface area (Å²) in [6, 6.07) is 0. The highest BCUT2D eigenvalue weighted by Gasteiger charge is 2.04. The molecule has 0 aliphatic rings. The Kier molecular flexibility index (Phi) is 13.5. The van der Waals surface area contributed by atoms with Crippen LogP contribution >= 0.6 is 0 Å². The quantitative estimate of drug-likeness (QED) is 0.352. The Bertz CT molecular complexity index is 307. The fourth-order valence-corrected chi connectivity index (χ4v) is 1.72. The second-order valence-electron chi connectivity index (χ2n) is 6.15. The van der Waals surface area contributed by atoms with Crippen LogP contribution in [0.1, 0.15) is 58.3 Å². The summed E-state index contributed by atoms with van der Waals surface area (Å²) in [5, 5.41) is 0.354.